The summed E-state index contributed by atoms with van der Waals surface area (Å²) in [4.78, 5) is 19.6. The summed E-state index contributed by atoms with van der Waals surface area (Å²) in [5.41, 5.74) is 2.76. The van der Waals surface area contributed by atoms with Gasteiger partial charge in [-0.1, -0.05) is 23.9 Å². The standard InChI is InChI=1S/C13H11N3O2S2/c1-16-10-5-3-2-4-8(10)14-12(16)9-6-19-13(15-9)20-7-11(17)18/h2-6H,7H2,1H3,(H,17,18). The Bertz CT molecular complexity index is 779. The van der Waals surface area contributed by atoms with Crippen molar-refractivity contribution in [2.24, 2.45) is 7.05 Å². The van der Waals surface area contributed by atoms with Crippen molar-refractivity contribution in [2.45, 2.75) is 4.34 Å². The van der Waals surface area contributed by atoms with Gasteiger partial charge in [-0.05, 0) is 12.1 Å². The quantitative estimate of drug-likeness (QED) is 0.751. The molecule has 3 rings (SSSR count). The summed E-state index contributed by atoms with van der Waals surface area (Å²) in [6, 6.07) is 7.90. The number of aryl methyl sites for hydroxylation is 1. The highest BCUT2D eigenvalue weighted by Crippen LogP contribution is 2.29. The number of imidazole rings is 1. The van der Waals surface area contributed by atoms with E-state index in [-0.39, 0.29) is 5.75 Å². The van der Waals surface area contributed by atoms with Crippen LogP contribution in [0.15, 0.2) is 34.0 Å². The van der Waals surface area contributed by atoms with Gasteiger partial charge in [-0.3, -0.25) is 4.79 Å². The predicted molar refractivity (Wildman–Crippen MR) is 80.2 cm³/mol. The number of nitrogens with zero attached hydrogens (tertiary/aromatic N) is 3. The Morgan fingerprint density at radius 2 is 2.20 bits per heavy atom. The van der Waals surface area contributed by atoms with Crippen molar-refractivity contribution < 1.29 is 9.90 Å². The molecule has 1 aromatic carbocycles. The molecule has 0 radical (unpaired) electrons. The summed E-state index contributed by atoms with van der Waals surface area (Å²) < 4.78 is 2.74. The number of carboxylic acids is 1. The maximum Gasteiger partial charge on any atom is 0.313 e. The Morgan fingerprint density at radius 1 is 1.40 bits per heavy atom. The number of thiazole rings is 1. The summed E-state index contributed by atoms with van der Waals surface area (Å²) in [6.45, 7) is 0. The van der Waals surface area contributed by atoms with Gasteiger partial charge in [-0.2, -0.15) is 0 Å². The molecule has 102 valence electrons. The molecule has 0 aliphatic heterocycles. The molecule has 20 heavy (non-hydrogen) atoms. The van der Waals surface area contributed by atoms with Crippen molar-refractivity contribution in [3.63, 3.8) is 0 Å². The van der Waals surface area contributed by atoms with Crippen LogP contribution in [-0.2, 0) is 11.8 Å². The fraction of sp³-hybridized carbons (Fsp3) is 0.154. The number of rotatable bonds is 4. The van der Waals surface area contributed by atoms with Crippen LogP contribution in [0.25, 0.3) is 22.6 Å². The summed E-state index contributed by atoms with van der Waals surface area (Å²) in [5.74, 6) is -0.0192. The molecule has 0 spiro atoms. The van der Waals surface area contributed by atoms with Gasteiger partial charge in [0.25, 0.3) is 0 Å². The van der Waals surface area contributed by atoms with E-state index in [1.165, 1.54) is 23.1 Å². The Morgan fingerprint density at radius 3 is 2.95 bits per heavy atom. The maximum atomic E-state index is 10.6. The first-order valence-corrected chi connectivity index (χ1v) is 7.73. The molecule has 0 aliphatic rings. The highest BCUT2D eigenvalue weighted by molar-refractivity contribution is 8.01. The van der Waals surface area contributed by atoms with Crippen LogP contribution in [0.4, 0.5) is 0 Å². The number of para-hydroxylation sites is 2. The van der Waals surface area contributed by atoms with E-state index in [0.717, 1.165) is 26.9 Å². The number of hydrogen-bond donors (Lipinski definition) is 1. The summed E-state index contributed by atoms with van der Waals surface area (Å²) in [5, 5.41) is 10.6. The zero-order valence-electron chi connectivity index (χ0n) is 10.6. The fourth-order valence-electron chi connectivity index (χ4n) is 1.92. The van der Waals surface area contributed by atoms with Crippen molar-refractivity contribution >= 4 is 40.1 Å². The molecule has 0 saturated heterocycles. The van der Waals surface area contributed by atoms with Crippen molar-refractivity contribution in [3.05, 3.63) is 29.6 Å². The average molecular weight is 305 g/mol. The highest BCUT2D eigenvalue weighted by atomic mass is 32.2. The number of carbonyl (C=O) groups is 1. The number of benzene rings is 1. The lowest BCUT2D eigenvalue weighted by molar-refractivity contribution is -0.133. The Hall–Kier alpha value is -1.86. The molecule has 0 fully saturated rings. The van der Waals surface area contributed by atoms with Gasteiger partial charge < -0.3 is 9.67 Å². The van der Waals surface area contributed by atoms with Gasteiger partial charge in [-0.15, -0.1) is 11.3 Å². The highest BCUT2D eigenvalue weighted by Gasteiger charge is 2.13. The molecule has 0 bridgehead atoms. The van der Waals surface area contributed by atoms with Crippen molar-refractivity contribution in [1.82, 2.24) is 14.5 Å². The van der Waals surface area contributed by atoms with E-state index in [2.05, 4.69) is 9.97 Å². The maximum absolute atomic E-state index is 10.6. The Labute approximate surface area is 123 Å². The molecule has 0 aliphatic carbocycles. The number of aromatic nitrogens is 3. The van der Waals surface area contributed by atoms with Gasteiger partial charge in [0.1, 0.15) is 5.69 Å². The predicted octanol–water partition coefficient (Wildman–Crippen LogP) is 2.87. The van der Waals surface area contributed by atoms with Crippen LogP contribution in [0.5, 0.6) is 0 Å². The third-order valence-electron chi connectivity index (χ3n) is 2.82. The first-order valence-electron chi connectivity index (χ1n) is 5.87. The first kappa shape index (κ1) is 13.1. The van der Waals surface area contributed by atoms with Gasteiger partial charge in [0.05, 0.1) is 16.8 Å². The molecule has 0 unspecified atom stereocenters. The van der Waals surface area contributed by atoms with E-state index in [0.29, 0.717) is 0 Å². The lowest BCUT2D eigenvalue weighted by atomic mass is 10.3. The minimum atomic E-state index is -0.838. The summed E-state index contributed by atoms with van der Waals surface area (Å²) in [6.07, 6.45) is 0. The zero-order chi connectivity index (χ0) is 14.1. The zero-order valence-corrected chi connectivity index (χ0v) is 12.2. The van der Waals surface area contributed by atoms with Crippen LogP contribution >= 0.6 is 23.1 Å². The molecule has 3 aromatic rings. The molecular formula is C13H11N3O2S2. The normalized spacial score (nSPS) is 11.1. The molecule has 0 amide bonds. The molecular weight excluding hydrogens is 294 g/mol. The second-order valence-electron chi connectivity index (χ2n) is 4.16. The van der Waals surface area contributed by atoms with Crippen LogP contribution in [0.2, 0.25) is 0 Å². The van der Waals surface area contributed by atoms with Crippen LogP contribution in [-0.4, -0.2) is 31.4 Å². The number of carboxylic acid groups (broad SMARTS) is 1. The van der Waals surface area contributed by atoms with Crippen molar-refractivity contribution in [3.8, 4) is 11.5 Å². The smallest absolute Gasteiger partial charge is 0.313 e. The van der Waals surface area contributed by atoms with Crippen molar-refractivity contribution in [1.29, 1.82) is 0 Å². The van der Waals surface area contributed by atoms with Gasteiger partial charge in [0.15, 0.2) is 10.2 Å². The number of aliphatic carboxylic acids is 1. The second-order valence-corrected chi connectivity index (χ2v) is 6.24. The second kappa shape index (κ2) is 5.26. The number of thioether (sulfide) groups is 1. The monoisotopic (exact) mass is 305 g/mol. The summed E-state index contributed by atoms with van der Waals surface area (Å²) >= 11 is 2.67. The lowest BCUT2D eigenvalue weighted by Gasteiger charge is -1.98. The Balaban J connectivity index is 1.95. The number of fused-ring (bicyclic) bond motifs is 1. The minimum Gasteiger partial charge on any atom is -0.481 e. The van der Waals surface area contributed by atoms with Crippen LogP contribution in [0, 0.1) is 0 Å². The van der Waals surface area contributed by atoms with E-state index in [1.807, 2.05) is 41.3 Å². The average Bonchev–Trinajstić information content (AvgIpc) is 3.02. The van der Waals surface area contributed by atoms with Gasteiger partial charge in [-0.25, -0.2) is 9.97 Å². The molecule has 7 heteroatoms. The van der Waals surface area contributed by atoms with E-state index in [1.54, 1.807) is 0 Å². The van der Waals surface area contributed by atoms with Gasteiger partial charge in [0.2, 0.25) is 0 Å². The van der Waals surface area contributed by atoms with E-state index >= 15 is 0 Å². The van der Waals surface area contributed by atoms with Crippen LogP contribution < -0.4 is 0 Å². The lowest BCUT2D eigenvalue weighted by Crippen LogP contribution is -1.97. The van der Waals surface area contributed by atoms with E-state index < -0.39 is 5.97 Å². The first-order chi connectivity index (χ1) is 9.65. The largest absolute Gasteiger partial charge is 0.481 e. The van der Waals surface area contributed by atoms with E-state index in [4.69, 9.17) is 5.11 Å². The third-order valence-corrected chi connectivity index (χ3v) is 4.82. The van der Waals surface area contributed by atoms with Gasteiger partial charge in [0, 0.05) is 12.4 Å². The van der Waals surface area contributed by atoms with Crippen LogP contribution in [0.3, 0.4) is 0 Å². The fourth-order valence-corrected chi connectivity index (χ4v) is 3.45. The minimum absolute atomic E-state index is 0.0233. The molecule has 5 nitrogen and oxygen atoms in total. The van der Waals surface area contributed by atoms with Gasteiger partial charge >= 0.3 is 5.97 Å². The molecule has 1 N–H and O–H groups in total. The topological polar surface area (TPSA) is 68.0 Å². The Kier molecular flexibility index (Phi) is 3.45. The van der Waals surface area contributed by atoms with Crippen LogP contribution in [0.1, 0.15) is 0 Å². The van der Waals surface area contributed by atoms with Crippen molar-refractivity contribution in [2.75, 3.05) is 5.75 Å². The summed E-state index contributed by atoms with van der Waals surface area (Å²) in [7, 11) is 1.95. The molecule has 2 heterocycles. The SMILES string of the molecule is Cn1c(-c2csc(SCC(=O)O)n2)nc2ccccc21. The third kappa shape index (κ3) is 2.41. The number of hydrogen-bond acceptors (Lipinski definition) is 5. The molecule has 2 aromatic heterocycles. The molecule has 0 saturated carbocycles. The molecule has 0 atom stereocenters. The van der Waals surface area contributed by atoms with E-state index in [9.17, 15) is 4.79 Å².